The first-order valence-corrected chi connectivity index (χ1v) is 7.65. The Morgan fingerprint density at radius 1 is 0.917 bits per heavy atom. The predicted molar refractivity (Wildman–Crippen MR) is 94.0 cm³/mol. The summed E-state index contributed by atoms with van der Waals surface area (Å²) >= 11 is 12.2. The highest BCUT2D eigenvalue weighted by atomic mass is 35.5. The third kappa shape index (κ3) is 3.79. The molecule has 0 radical (unpaired) electrons. The number of carbonyl (C=O) groups is 1. The van der Waals surface area contributed by atoms with Crippen molar-refractivity contribution in [1.82, 2.24) is 15.2 Å². The van der Waals surface area contributed by atoms with Crippen molar-refractivity contribution in [2.45, 2.75) is 0 Å². The van der Waals surface area contributed by atoms with Crippen molar-refractivity contribution in [2.24, 2.45) is 0 Å². The van der Waals surface area contributed by atoms with Gasteiger partial charge in [0.2, 0.25) is 0 Å². The number of pyridine rings is 1. The predicted octanol–water partition coefficient (Wildman–Crippen LogP) is 4.17. The highest BCUT2D eigenvalue weighted by Gasteiger charge is 2.09. The summed E-state index contributed by atoms with van der Waals surface area (Å²) in [7, 11) is 0. The molecule has 1 aromatic carbocycles. The molecule has 120 valence electrons. The standard InChI is InChI=1S/C16H11Cl2N5O/c17-11-4-1-5-12(18)15(11)20-13-6-7-14(23-22-13)21-16(24)10-3-2-8-19-9-10/h1-9H,(H,20,22)(H,21,23,24). The van der Waals surface area contributed by atoms with Crippen LogP contribution in [0, 0.1) is 0 Å². The minimum Gasteiger partial charge on any atom is -0.336 e. The van der Waals surface area contributed by atoms with Gasteiger partial charge < -0.3 is 10.6 Å². The zero-order chi connectivity index (χ0) is 16.9. The van der Waals surface area contributed by atoms with E-state index in [9.17, 15) is 4.79 Å². The van der Waals surface area contributed by atoms with E-state index in [2.05, 4.69) is 25.8 Å². The molecule has 2 aromatic heterocycles. The molecular formula is C16H11Cl2N5O. The average Bonchev–Trinajstić information content (AvgIpc) is 2.60. The van der Waals surface area contributed by atoms with Crippen LogP contribution in [0.15, 0.2) is 54.9 Å². The largest absolute Gasteiger partial charge is 0.336 e. The summed E-state index contributed by atoms with van der Waals surface area (Å²) in [4.78, 5) is 15.9. The van der Waals surface area contributed by atoms with Crippen LogP contribution in [0.5, 0.6) is 0 Å². The molecule has 6 nitrogen and oxygen atoms in total. The summed E-state index contributed by atoms with van der Waals surface area (Å²) in [6.07, 6.45) is 3.06. The fraction of sp³-hybridized carbons (Fsp3) is 0. The number of benzene rings is 1. The third-order valence-electron chi connectivity index (χ3n) is 3.05. The first-order valence-electron chi connectivity index (χ1n) is 6.89. The van der Waals surface area contributed by atoms with Crippen LogP contribution in [-0.2, 0) is 0 Å². The number of rotatable bonds is 4. The van der Waals surface area contributed by atoms with E-state index in [0.717, 1.165) is 0 Å². The van der Waals surface area contributed by atoms with Crippen LogP contribution >= 0.6 is 23.2 Å². The Hall–Kier alpha value is -2.70. The van der Waals surface area contributed by atoms with Crippen LogP contribution in [-0.4, -0.2) is 21.1 Å². The zero-order valence-corrected chi connectivity index (χ0v) is 13.7. The Morgan fingerprint density at radius 3 is 2.25 bits per heavy atom. The van der Waals surface area contributed by atoms with Gasteiger partial charge in [-0.3, -0.25) is 9.78 Å². The normalized spacial score (nSPS) is 10.2. The van der Waals surface area contributed by atoms with Crippen LogP contribution in [0.4, 0.5) is 17.3 Å². The molecule has 0 atom stereocenters. The molecule has 0 unspecified atom stereocenters. The Kier molecular flexibility index (Phi) is 4.88. The SMILES string of the molecule is O=C(Nc1ccc(Nc2c(Cl)cccc2Cl)nn1)c1cccnc1. The summed E-state index contributed by atoms with van der Waals surface area (Å²) in [5, 5.41) is 14.5. The molecule has 0 saturated carbocycles. The second kappa shape index (κ2) is 7.25. The van der Waals surface area contributed by atoms with Crippen LogP contribution in [0.25, 0.3) is 0 Å². The van der Waals surface area contributed by atoms with Crippen LogP contribution in [0.1, 0.15) is 10.4 Å². The van der Waals surface area contributed by atoms with Crippen LogP contribution in [0.2, 0.25) is 10.0 Å². The number of halogens is 2. The molecule has 0 aliphatic rings. The van der Waals surface area contributed by atoms with Gasteiger partial charge in [0.15, 0.2) is 11.6 Å². The van der Waals surface area contributed by atoms with Gasteiger partial charge in [-0.1, -0.05) is 29.3 Å². The third-order valence-corrected chi connectivity index (χ3v) is 3.68. The molecule has 8 heteroatoms. The minimum absolute atomic E-state index is 0.313. The lowest BCUT2D eigenvalue weighted by molar-refractivity contribution is 0.102. The van der Waals surface area contributed by atoms with E-state index in [4.69, 9.17) is 23.2 Å². The van der Waals surface area contributed by atoms with Crippen molar-refractivity contribution < 1.29 is 4.79 Å². The van der Waals surface area contributed by atoms with Gasteiger partial charge in [-0.2, -0.15) is 0 Å². The van der Waals surface area contributed by atoms with E-state index in [0.29, 0.717) is 32.9 Å². The van der Waals surface area contributed by atoms with E-state index in [1.807, 2.05) is 0 Å². The second-order valence-corrected chi connectivity index (χ2v) is 5.54. The molecule has 0 spiro atoms. The van der Waals surface area contributed by atoms with Gasteiger partial charge in [0, 0.05) is 12.4 Å². The Morgan fingerprint density at radius 2 is 1.62 bits per heavy atom. The molecule has 2 N–H and O–H groups in total. The van der Waals surface area contributed by atoms with Crippen molar-refractivity contribution in [3.05, 3.63) is 70.5 Å². The van der Waals surface area contributed by atoms with Gasteiger partial charge in [-0.05, 0) is 36.4 Å². The average molecular weight is 360 g/mol. The van der Waals surface area contributed by atoms with Gasteiger partial charge >= 0.3 is 0 Å². The molecule has 1 amide bonds. The van der Waals surface area contributed by atoms with Crippen molar-refractivity contribution in [1.29, 1.82) is 0 Å². The van der Waals surface area contributed by atoms with E-state index in [1.54, 1.807) is 48.7 Å². The number of nitrogens with zero attached hydrogens (tertiary/aromatic N) is 3. The summed E-state index contributed by atoms with van der Waals surface area (Å²) in [5.74, 6) is 0.455. The highest BCUT2D eigenvalue weighted by Crippen LogP contribution is 2.31. The number of nitrogens with one attached hydrogen (secondary N) is 2. The van der Waals surface area contributed by atoms with Crippen LogP contribution < -0.4 is 10.6 Å². The number of aromatic nitrogens is 3. The quantitative estimate of drug-likeness (QED) is 0.730. The molecule has 0 bridgehead atoms. The van der Waals surface area contributed by atoms with Gasteiger partial charge in [-0.15, -0.1) is 10.2 Å². The highest BCUT2D eigenvalue weighted by molar-refractivity contribution is 6.39. The fourth-order valence-electron chi connectivity index (χ4n) is 1.90. The Bertz CT molecular complexity index is 836. The van der Waals surface area contributed by atoms with Crippen molar-refractivity contribution in [3.8, 4) is 0 Å². The maximum atomic E-state index is 12.0. The first-order chi connectivity index (χ1) is 11.6. The second-order valence-electron chi connectivity index (χ2n) is 4.72. The number of para-hydroxylation sites is 1. The number of hydrogen-bond acceptors (Lipinski definition) is 5. The van der Waals surface area contributed by atoms with Gasteiger partial charge in [0.05, 0.1) is 21.3 Å². The number of amides is 1. The molecule has 24 heavy (non-hydrogen) atoms. The lowest BCUT2D eigenvalue weighted by Gasteiger charge is -2.09. The van der Waals surface area contributed by atoms with Crippen molar-refractivity contribution in [3.63, 3.8) is 0 Å². The summed E-state index contributed by atoms with van der Waals surface area (Å²) < 4.78 is 0. The summed E-state index contributed by atoms with van der Waals surface area (Å²) in [6, 6.07) is 11.8. The summed E-state index contributed by atoms with van der Waals surface area (Å²) in [6.45, 7) is 0. The Balaban J connectivity index is 1.71. The maximum absolute atomic E-state index is 12.0. The molecular weight excluding hydrogens is 349 g/mol. The summed E-state index contributed by atoms with van der Waals surface area (Å²) in [5.41, 5.74) is 0.978. The maximum Gasteiger partial charge on any atom is 0.258 e. The van der Waals surface area contributed by atoms with Gasteiger partial charge in [-0.25, -0.2) is 0 Å². The van der Waals surface area contributed by atoms with Crippen LogP contribution in [0.3, 0.4) is 0 Å². The molecule has 0 saturated heterocycles. The topological polar surface area (TPSA) is 79.8 Å². The molecule has 0 aliphatic carbocycles. The number of hydrogen-bond donors (Lipinski definition) is 2. The fourth-order valence-corrected chi connectivity index (χ4v) is 2.39. The zero-order valence-electron chi connectivity index (χ0n) is 12.2. The lowest BCUT2D eigenvalue weighted by atomic mass is 10.3. The molecule has 2 heterocycles. The number of anilines is 3. The first kappa shape index (κ1) is 16.2. The van der Waals surface area contributed by atoms with Crippen molar-refractivity contribution >= 4 is 46.4 Å². The van der Waals surface area contributed by atoms with E-state index in [-0.39, 0.29) is 5.91 Å². The molecule has 3 aromatic rings. The number of carbonyl (C=O) groups excluding carboxylic acids is 1. The molecule has 0 fully saturated rings. The van der Waals surface area contributed by atoms with Gasteiger partial charge in [0.25, 0.3) is 5.91 Å². The van der Waals surface area contributed by atoms with Crippen molar-refractivity contribution in [2.75, 3.05) is 10.6 Å². The molecule has 0 aliphatic heterocycles. The minimum atomic E-state index is -0.313. The van der Waals surface area contributed by atoms with Gasteiger partial charge in [0.1, 0.15) is 0 Å². The lowest BCUT2D eigenvalue weighted by Crippen LogP contribution is -2.13. The van der Waals surface area contributed by atoms with E-state index >= 15 is 0 Å². The molecule has 3 rings (SSSR count). The van der Waals surface area contributed by atoms with E-state index in [1.165, 1.54) is 6.20 Å². The van der Waals surface area contributed by atoms with E-state index < -0.39 is 0 Å². The smallest absolute Gasteiger partial charge is 0.258 e. The monoisotopic (exact) mass is 359 g/mol. The Labute approximate surface area is 147 Å².